The van der Waals surface area contributed by atoms with Gasteiger partial charge in [0.2, 0.25) is 0 Å². The molecule has 0 aromatic heterocycles. The number of carbonyl (C=O) groups is 14. The molecule has 0 bridgehead atoms. The molecule has 20 rings (SSSR count). The number of hydrogen-bond acceptors (Lipinski definition) is 16. The summed E-state index contributed by atoms with van der Waals surface area (Å²) in [5.74, 6) is -9.48. The maximum atomic E-state index is 14.5. The van der Waals surface area contributed by atoms with Gasteiger partial charge in [-0.2, -0.15) is 0 Å². The lowest BCUT2D eigenvalue weighted by molar-refractivity contribution is -0.135. The SMILES string of the molecule is O=C(CCCN1C(=O)c2ccc3c4c(ccc(c24)C1=O)C(=O)N(CCCC(=O)Oc1ccc(N2C(=O)c4ccc5c6c(ccc(c46)C2=O)C(=O)N(c2cccc4cc6ccccc6cc24)C5=O)cc1)C3=O)Oc1ccc(N2C(=O)c3ccc4c5c(ccc(c35)C2=O)C(=O)N(c2cccc3cc5ccccc5cc23)C4=O)cc1. The van der Waals surface area contributed by atoms with Crippen LogP contribution in [0.5, 0.6) is 11.5 Å². The lowest BCUT2D eigenvalue weighted by Gasteiger charge is -2.32. The maximum Gasteiger partial charge on any atom is 0.311 e. The fourth-order valence-corrected chi connectivity index (χ4v) is 16.8. The third-order valence-electron chi connectivity index (χ3n) is 22.0. The predicted octanol–water partition coefficient (Wildman–Crippen LogP) is 14.9. The molecule has 112 heavy (non-hydrogen) atoms. The Bertz CT molecular complexity index is 6320. The van der Waals surface area contributed by atoms with Gasteiger partial charge in [0.15, 0.2) is 0 Å². The Morgan fingerprint density at radius 1 is 0.241 bits per heavy atom. The van der Waals surface area contributed by atoms with E-state index in [1.165, 1.54) is 121 Å². The molecule has 0 atom stereocenters. The summed E-state index contributed by atoms with van der Waals surface area (Å²) in [6, 6.07) is 62.9. The molecular formula is C90H50N6O16. The van der Waals surface area contributed by atoms with Crippen molar-refractivity contribution < 1.29 is 76.6 Å². The molecule has 6 heterocycles. The molecular weight excluding hydrogens is 1420 g/mol. The summed E-state index contributed by atoms with van der Waals surface area (Å²) in [5, 5.41) is 7.91. The summed E-state index contributed by atoms with van der Waals surface area (Å²) in [4.78, 5) is 205. The molecule has 12 amide bonds. The smallest absolute Gasteiger partial charge is 0.311 e. The minimum atomic E-state index is -0.727. The van der Waals surface area contributed by atoms with Gasteiger partial charge >= 0.3 is 11.9 Å². The molecule has 14 aromatic carbocycles. The Morgan fingerprint density at radius 2 is 0.482 bits per heavy atom. The maximum absolute atomic E-state index is 14.5. The van der Waals surface area contributed by atoms with E-state index >= 15 is 0 Å². The van der Waals surface area contributed by atoms with E-state index in [1.54, 1.807) is 24.3 Å². The van der Waals surface area contributed by atoms with Crippen molar-refractivity contribution in [3.8, 4) is 11.5 Å². The number of anilines is 4. The number of carbonyl (C=O) groups excluding carboxylic acids is 14. The van der Waals surface area contributed by atoms with Gasteiger partial charge in [-0.1, -0.05) is 72.8 Å². The van der Waals surface area contributed by atoms with Crippen LogP contribution in [0.3, 0.4) is 0 Å². The summed E-state index contributed by atoms with van der Waals surface area (Å²) in [6.07, 6.45) is -0.573. The molecule has 0 N–H and O–H groups in total. The van der Waals surface area contributed by atoms with Crippen LogP contribution in [0.4, 0.5) is 22.7 Å². The highest BCUT2D eigenvalue weighted by atomic mass is 16.5. The second kappa shape index (κ2) is 24.6. The molecule has 0 saturated carbocycles. The molecule has 22 nitrogen and oxygen atoms in total. The van der Waals surface area contributed by atoms with Crippen molar-refractivity contribution in [2.24, 2.45) is 0 Å². The second-order valence-electron chi connectivity index (χ2n) is 28.1. The van der Waals surface area contributed by atoms with E-state index in [-0.39, 0.29) is 161 Å². The van der Waals surface area contributed by atoms with E-state index in [2.05, 4.69) is 0 Å². The van der Waals surface area contributed by atoms with Crippen molar-refractivity contribution in [3.63, 3.8) is 0 Å². The number of benzene rings is 14. The van der Waals surface area contributed by atoms with E-state index < -0.39 is 82.8 Å². The molecule has 22 heteroatoms. The van der Waals surface area contributed by atoms with E-state index in [1.807, 2.05) is 84.9 Å². The molecule has 536 valence electrons. The first-order chi connectivity index (χ1) is 54.4. The highest BCUT2D eigenvalue weighted by molar-refractivity contribution is 6.45. The third kappa shape index (κ3) is 9.70. The van der Waals surface area contributed by atoms with Crippen LogP contribution in [-0.2, 0) is 9.59 Å². The average Bonchev–Trinajstić information content (AvgIpc) is 0.712. The van der Waals surface area contributed by atoms with Crippen LogP contribution in [0.2, 0.25) is 0 Å². The first-order valence-corrected chi connectivity index (χ1v) is 35.9. The fraction of sp³-hybridized carbons (Fsp3) is 0.0667. The standard InChI is InChI=1S/C90H50N6O16/c97-71(111-53-23-19-51(20-24-53)93-83(103)59-31-35-63-77-64(36-32-60(75(59)77)84(93)104)88(108)95(87(63)107)69-15-5-13-49-41-45-9-1-3-11-47(45)43-67(49)69)17-7-39-91-79(99)55-27-29-57-74-58(30-28-56(73(55)74)80(91)100)82(102)92(81(57)101)40-8-18-72(98)112-54-25-21-52(22-26-54)94-85(105)61-33-37-65-78-66(38-34-62(76(61)78)86(94)106)90(110)96(89(65)109)70-16-6-14-50-42-46-10-2-4-12-48(46)44-68(50)70/h1-6,9-16,19-38,41-44H,7-8,17-18,39-40H2. The predicted molar refractivity (Wildman–Crippen MR) is 413 cm³/mol. The van der Waals surface area contributed by atoms with Crippen LogP contribution in [-0.4, -0.2) is 106 Å². The number of fused-ring (bicyclic) bond motifs is 4. The normalized spacial score (nSPS) is 15.0. The minimum Gasteiger partial charge on any atom is -0.427 e. The summed E-state index contributed by atoms with van der Waals surface area (Å²) >= 11 is 0. The van der Waals surface area contributed by atoms with Gasteiger partial charge in [-0.05, 0) is 203 Å². The first kappa shape index (κ1) is 66.1. The zero-order valence-corrected chi connectivity index (χ0v) is 58.4. The Labute approximate surface area is 631 Å². The van der Waals surface area contributed by atoms with Crippen LogP contribution in [0.15, 0.2) is 231 Å². The summed E-state index contributed by atoms with van der Waals surface area (Å²) in [5.41, 5.74) is 2.26. The number of amides is 12. The van der Waals surface area contributed by atoms with Crippen molar-refractivity contribution in [1.82, 2.24) is 9.80 Å². The lowest BCUT2D eigenvalue weighted by Crippen LogP contribution is -2.44. The Balaban J connectivity index is 0.451. The van der Waals surface area contributed by atoms with Gasteiger partial charge in [0.1, 0.15) is 11.5 Å². The van der Waals surface area contributed by atoms with Crippen LogP contribution < -0.4 is 29.1 Å². The molecule has 6 aliphatic rings. The van der Waals surface area contributed by atoms with Crippen LogP contribution in [0.25, 0.3) is 75.4 Å². The van der Waals surface area contributed by atoms with Gasteiger partial charge in [0.05, 0.1) is 22.7 Å². The average molecular weight is 1470 g/mol. The second-order valence-corrected chi connectivity index (χ2v) is 28.1. The number of nitrogens with zero attached hydrogens (tertiary/aromatic N) is 6. The van der Waals surface area contributed by atoms with E-state index in [9.17, 15) is 67.1 Å². The zero-order valence-electron chi connectivity index (χ0n) is 58.4. The molecule has 0 aliphatic carbocycles. The van der Waals surface area contributed by atoms with Gasteiger partial charge in [-0.15, -0.1) is 0 Å². The van der Waals surface area contributed by atoms with Crippen molar-refractivity contribution in [2.45, 2.75) is 25.7 Å². The zero-order chi connectivity index (χ0) is 76.5. The van der Waals surface area contributed by atoms with Crippen LogP contribution in [0, 0.1) is 0 Å². The highest BCUT2D eigenvalue weighted by Gasteiger charge is 2.45. The largest absolute Gasteiger partial charge is 0.427 e. The van der Waals surface area contributed by atoms with E-state index in [0.717, 1.165) is 61.7 Å². The van der Waals surface area contributed by atoms with E-state index in [0.29, 0.717) is 22.1 Å². The quantitative estimate of drug-likeness (QED) is 0.0423. The molecule has 0 saturated heterocycles. The molecule has 0 unspecified atom stereocenters. The number of imide groups is 6. The Kier molecular flexibility index (Phi) is 14.5. The number of rotatable bonds is 14. The molecule has 14 aromatic rings. The summed E-state index contributed by atoms with van der Waals surface area (Å²) in [6.45, 7) is -0.430. The minimum absolute atomic E-state index is 0.0284. The monoisotopic (exact) mass is 1470 g/mol. The van der Waals surface area contributed by atoms with Gasteiger partial charge < -0.3 is 9.47 Å². The van der Waals surface area contributed by atoms with Crippen molar-refractivity contribution >= 4 is 181 Å². The summed E-state index contributed by atoms with van der Waals surface area (Å²) in [7, 11) is 0. The van der Waals surface area contributed by atoms with Crippen molar-refractivity contribution in [3.05, 3.63) is 297 Å². The van der Waals surface area contributed by atoms with E-state index in [4.69, 9.17) is 9.47 Å². The molecule has 0 radical (unpaired) electrons. The van der Waals surface area contributed by atoms with Crippen LogP contribution >= 0.6 is 0 Å². The van der Waals surface area contributed by atoms with Crippen molar-refractivity contribution in [1.29, 1.82) is 0 Å². The Morgan fingerprint density at radius 3 is 0.759 bits per heavy atom. The number of esters is 2. The summed E-state index contributed by atoms with van der Waals surface area (Å²) < 4.78 is 11.2. The van der Waals surface area contributed by atoms with Gasteiger partial charge in [0, 0.05) is 136 Å². The molecule has 6 aliphatic heterocycles. The van der Waals surface area contributed by atoms with Crippen LogP contribution in [0.1, 0.15) is 150 Å². The lowest BCUT2D eigenvalue weighted by atomic mass is 9.85. The topological polar surface area (TPSA) is 277 Å². The van der Waals surface area contributed by atoms with Gasteiger partial charge in [-0.3, -0.25) is 76.9 Å². The third-order valence-corrected chi connectivity index (χ3v) is 22.0. The molecule has 0 spiro atoms. The number of hydrogen-bond donors (Lipinski definition) is 0. The van der Waals surface area contributed by atoms with Crippen molar-refractivity contribution in [2.75, 3.05) is 32.7 Å². The first-order valence-electron chi connectivity index (χ1n) is 35.9. The Hall–Kier alpha value is -15.3. The number of ether oxygens (including phenoxy) is 2. The molecule has 0 fully saturated rings. The highest BCUT2D eigenvalue weighted by Crippen LogP contribution is 2.46. The van der Waals surface area contributed by atoms with Gasteiger partial charge in [0.25, 0.3) is 70.9 Å². The fourth-order valence-electron chi connectivity index (χ4n) is 16.8. The van der Waals surface area contributed by atoms with Gasteiger partial charge in [-0.25, -0.2) is 19.6 Å².